The number of nitro benzene ring substituents is 1. The molecule has 0 N–H and O–H groups in total. The van der Waals surface area contributed by atoms with Crippen LogP contribution in [-0.4, -0.2) is 20.5 Å². The number of Topliss-reactive ketones (excluding diaryl/α,β-unsaturated/α-hetero) is 1. The summed E-state index contributed by atoms with van der Waals surface area (Å²) in [6, 6.07) is 3.38. The zero-order valence-electron chi connectivity index (χ0n) is 11.9. The summed E-state index contributed by atoms with van der Waals surface area (Å²) in [5.41, 5.74) is 1.89. The summed E-state index contributed by atoms with van der Waals surface area (Å²) >= 11 is 0. The molecule has 0 aliphatic carbocycles. The van der Waals surface area contributed by atoms with E-state index in [9.17, 15) is 19.3 Å². The van der Waals surface area contributed by atoms with E-state index in [0.29, 0.717) is 22.5 Å². The Kier molecular flexibility index (Phi) is 3.84. The molecule has 0 saturated carbocycles. The van der Waals surface area contributed by atoms with Gasteiger partial charge in [-0.2, -0.15) is 5.10 Å². The number of hydrogen-bond donors (Lipinski definition) is 0. The van der Waals surface area contributed by atoms with Crippen molar-refractivity contribution in [3.05, 3.63) is 56.6 Å². The second kappa shape index (κ2) is 5.43. The molecule has 7 heteroatoms. The van der Waals surface area contributed by atoms with Crippen molar-refractivity contribution in [3.8, 4) is 0 Å². The highest BCUT2D eigenvalue weighted by Gasteiger charge is 2.16. The fourth-order valence-electron chi connectivity index (χ4n) is 2.36. The van der Waals surface area contributed by atoms with Crippen LogP contribution in [0.2, 0.25) is 0 Å². The highest BCUT2D eigenvalue weighted by molar-refractivity contribution is 5.96. The maximum Gasteiger partial charge on any atom is 0.272 e. The quantitative estimate of drug-likeness (QED) is 0.493. The van der Waals surface area contributed by atoms with Crippen molar-refractivity contribution in [2.24, 2.45) is 0 Å². The van der Waals surface area contributed by atoms with E-state index in [1.165, 1.54) is 19.1 Å². The maximum absolute atomic E-state index is 13.4. The number of hydrogen-bond acceptors (Lipinski definition) is 4. The minimum Gasteiger partial charge on any atom is -0.294 e. The molecule has 2 rings (SSSR count). The lowest BCUT2D eigenvalue weighted by Gasteiger charge is -2.05. The van der Waals surface area contributed by atoms with Gasteiger partial charge in [0.25, 0.3) is 5.69 Å². The fourth-order valence-corrected chi connectivity index (χ4v) is 2.36. The van der Waals surface area contributed by atoms with Crippen molar-refractivity contribution in [1.82, 2.24) is 9.78 Å². The van der Waals surface area contributed by atoms with Crippen molar-refractivity contribution < 1.29 is 14.1 Å². The molecule has 1 aromatic heterocycles. The van der Waals surface area contributed by atoms with Gasteiger partial charge in [-0.05, 0) is 32.4 Å². The smallest absolute Gasteiger partial charge is 0.272 e. The van der Waals surface area contributed by atoms with Crippen LogP contribution >= 0.6 is 0 Å². The lowest BCUT2D eigenvalue weighted by Crippen LogP contribution is -2.06. The van der Waals surface area contributed by atoms with E-state index in [4.69, 9.17) is 0 Å². The molecule has 0 fully saturated rings. The molecule has 1 aromatic carbocycles. The van der Waals surface area contributed by atoms with E-state index < -0.39 is 10.7 Å². The lowest BCUT2D eigenvalue weighted by atomic mass is 10.1. The minimum atomic E-state index is -0.674. The number of benzene rings is 1. The number of non-ortho nitro benzene ring substituents is 1. The van der Waals surface area contributed by atoms with Crippen molar-refractivity contribution >= 4 is 11.5 Å². The van der Waals surface area contributed by atoms with Gasteiger partial charge in [0.1, 0.15) is 5.82 Å². The number of nitrogens with zero attached hydrogens (tertiary/aromatic N) is 3. The number of carbonyl (C=O) groups is 1. The molecule has 21 heavy (non-hydrogen) atoms. The van der Waals surface area contributed by atoms with Crippen LogP contribution in [-0.2, 0) is 6.54 Å². The third-order valence-electron chi connectivity index (χ3n) is 3.22. The second-order valence-electron chi connectivity index (χ2n) is 4.83. The Labute approximate surface area is 120 Å². The SMILES string of the molecule is CC(=O)c1c(C)nn(Cc2cc(F)cc([N+](=O)[O-])c2)c1C. The summed E-state index contributed by atoms with van der Waals surface area (Å²) in [6.45, 7) is 5.08. The summed E-state index contributed by atoms with van der Waals surface area (Å²) in [4.78, 5) is 21.6. The monoisotopic (exact) mass is 291 g/mol. The van der Waals surface area contributed by atoms with Crippen LogP contribution in [0.1, 0.15) is 34.2 Å². The van der Waals surface area contributed by atoms with Crippen LogP contribution in [0.25, 0.3) is 0 Å². The number of carbonyl (C=O) groups excluding carboxylic acids is 1. The molecule has 6 nitrogen and oxygen atoms in total. The van der Waals surface area contributed by atoms with Crippen molar-refractivity contribution in [2.45, 2.75) is 27.3 Å². The van der Waals surface area contributed by atoms with Crippen LogP contribution in [0.4, 0.5) is 10.1 Å². The molecular weight excluding hydrogens is 277 g/mol. The Hall–Kier alpha value is -2.57. The van der Waals surface area contributed by atoms with Gasteiger partial charge in [0.05, 0.1) is 28.8 Å². The van der Waals surface area contributed by atoms with E-state index in [0.717, 1.165) is 6.07 Å². The van der Waals surface area contributed by atoms with Gasteiger partial charge in [-0.1, -0.05) is 0 Å². The molecule has 0 spiro atoms. The summed E-state index contributed by atoms with van der Waals surface area (Å²) in [5.74, 6) is -0.769. The Morgan fingerprint density at radius 3 is 2.57 bits per heavy atom. The van der Waals surface area contributed by atoms with Crippen molar-refractivity contribution in [2.75, 3.05) is 0 Å². The largest absolute Gasteiger partial charge is 0.294 e. The van der Waals surface area contributed by atoms with Gasteiger partial charge < -0.3 is 0 Å². The zero-order chi connectivity index (χ0) is 15.7. The molecule has 0 aliphatic rings. The third-order valence-corrected chi connectivity index (χ3v) is 3.22. The van der Waals surface area contributed by atoms with Crippen LogP contribution in [0.5, 0.6) is 0 Å². The van der Waals surface area contributed by atoms with Crippen LogP contribution in [0.3, 0.4) is 0 Å². The van der Waals surface area contributed by atoms with Crippen LogP contribution in [0, 0.1) is 29.8 Å². The number of rotatable bonds is 4. The summed E-state index contributed by atoms with van der Waals surface area (Å²) < 4.78 is 15.0. The second-order valence-corrected chi connectivity index (χ2v) is 4.83. The average Bonchev–Trinajstić information content (AvgIpc) is 2.63. The topological polar surface area (TPSA) is 78.0 Å². The summed E-state index contributed by atoms with van der Waals surface area (Å²) in [6.07, 6.45) is 0. The van der Waals surface area contributed by atoms with E-state index in [-0.39, 0.29) is 18.0 Å². The molecule has 0 bridgehead atoms. The molecule has 2 aromatic rings. The minimum absolute atomic E-state index is 0.0959. The predicted molar refractivity (Wildman–Crippen MR) is 73.9 cm³/mol. The maximum atomic E-state index is 13.4. The first-order valence-corrected chi connectivity index (χ1v) is 6.28. The Bertz CT molecular complexity index is 737. The first kappa shape index (κ1) is 14.8. The van der Waals surface area contributed by atoms with Crippen molar-refractivity contribution in [3.63, 3.8) is 0 Å². The average molecular weight is 291 g/mol. The standard InChI is InChI=1S/C14H14FN3O3/c1-8-14(10(3)19)9(2)17(16-8)7-11-4-12(15)6-13(5-11)18(20)21/h4-6H,7H2,1-3H3. The zero-order valence-corrected chi connectivity index (χ0v) is 11.9. The molecule has 0 atom stereocenters. The van der Waals surface area contributed by atoms with Crippen LogP contribution < -0.4 is 0 Å². The van der Waals surface area contributed by atoms with E-state index in [1.807, 2.05) is 0 Å². The Morgan fingerprint density at radius 1 is 1.38 bits per heavy atom. The highest BCUT2D eigenvalue weighted by Crippen LogP contribution is 2.19. The normalized spacial score (nSPS) is 10.7. The Balaban J connectivity index is 2.41. The van der Waals surface area contributed by atoms with Gasteiger partial charge >= 0.3 is 0 Å². The van der Waals surface area contributed by atoms with Gasteiger partial charge in [-0.15, -0.1) is 0 Å². The van der Waals surface area contributed by atoms with E-state index >= 15 is 0 Å². The van der Waals surface area contributed by atoms with Gasteiger partial charge in [-0.25, -0.2) is 4.39 Å². The van der Waals surface area contributed by atoms with Gasteiger partial charge in [-0.3, -0.25) is 19.6 Å². The Morgan fingerprint density at radius 2 is 2.05 bits per heavy atom. The predicted octanol–water partition coefficient (Wildman–Crippen LogP) is 2.80. The molecular formula is C14H14FN3O3. The molecule has 0 radical (unpaired) electrons. The number of aryl methyl sites for hydroxylation is 1. The number of aromatic nitrogens is 2. The highest BCUT2D eigenvalue weighted by atomic mass is 19.1. The first-order chi connectivity index (χ1) is 9.79. The molecule has 0 unspecified atom stereocenters. The molecule has 1 heterocycles. The fraction of sp³-hybridized carbons (Fsp3) is 0.286. The lowest BCUT2D eigenvalue weighted by molar-refractivity contribution is -0.385. The summed E-state index contributed by atoms with van der Waals surface area (Å²) in [7, 11) is 0. The molecule has 110 valence electrons. The first-order valence-electron chi connectivity index (χ1n) is 6.28. The van der Waals surface area contributed by atoms with E-state index in [2.05, 4.69) is 5.10 Å². The van der Waals surface area contributed by atoms with Gasteiger partial charge in [0, 0.05) is 11.8 Å². The van der Waals surface area contributed by atoms with E-state index in [1.54, 1.807) is 18.5 Å². The molecule has 0 aliphatic heterocycles. The number of ketones is 1. The number of nitro groups is 1. The third kappa shape index (κ3) is 2.96. The van der Waals surface area contributed by atoms with Crippen molar-refractivity contribution in [1.29, 1.82) is 0 Å². The molecule has 0 amide bonds. The van der Waals surface area contributed by atoms with Gasteiger partial charge in [0.15, 0.2) is 5.78 Å². The van der Waals surface area contributed by atoms with Gasteiger partial charge in [0.2, 0.25) is 0 Å². The molecule has 0 saturated heterocycles. The number of halogens is 1. The summed E-state index contributed by atoms with van der Waals surface area (Å²) in [5, 5.41) is 15.0. The van der Waals surface area contributed by atoms with Crippen LogP contribution in [0.15, 0.2) is 18.2 Å².